The van der Waals surface area contributed by atoms with Crippen molar-refractivity contribution < 1.29 is 24.2 Å². The number of benzene rings is 3. The van der Waals surface area contributed by atoms with E-state index in [0.29, 0.717) is 29.0 Å². The van der Waals surface area contributed by atoms with Crippen LogP contribution >= 0.6 is 11.6 Å². The quantitative estimate of drug-likeness (QED) is 0.308. The zero-order valence-corrected chi connectivity index (χ0v) is 21.0. The zero-order valence-electron chi connectivity index (χ0n) is 20.3. The second-order valence-electron chi connectivity index (χ2n) is 8.63. The van der Waals surface area contributed by atoms with Crippen LogP contribution in [0.3, 0.4) is 0 Å². The van der Waals surface area contributed by atoms with Crippen LogP contribution in [-0.2, 0) is 11.2 Å². The molecule has 0 spiro atoms. The van der Waals surface area contributed by atoms with E-state index in [0.717, 1.165) is 36.1 Å². The zero-order chi connectivity index (χ0) is 26.0. The predicted molar refractivity (Wildman–Crippen MR) is 143 cm³/mol. The van der Waals surface area contributed by atoms with Crippen molar-refractivity contribution in [2.75, 3.05) is 19.8 Å². The van der Waals surface area contributed by atoms with Crippen molar-refractivity contribution in [3.8, 4) is 11.5 Å². The first-order valence-electron chi connectivity index (χ1n) is 12.2. The predicted octanol–water partition coefficient (Wildman–Crippen LogP) is 4.38. The molecule has 1 saturated carbocycles. The third kappa shape index (κ3) is 8.37. The molecule has 7 nitrogen and oxygen atoms in total. The van der Waals surface area contributed by atoms with Gasteiger partial charge in [0.05, 0.1) is 19.3 Å². The van der Waals surface area contributed by atoms with Gasteiger partial charge in [-0.05, 0) is 78.6 Å². The molecule has 2 amide bonds. The largest absolute Gasteiger partial charge is 0.493 e. The van der Waals surface area contributed by atoms with Crippen LogP contribution in [0, 0.1) is 0 Å². The molecule has 37 heavy (non-hydrogen) atoms. The Morgan fingerprint density at radius 2 is 1.62 bits per heavy atom. The molecule has 1 aliphatic rings. The molecule has 0 aromatic heterocycles. The summed E-state index contributed by atoms with van der Waals surface area (Å²) in [5.41, 5.74) is 2.28. The molecule has 3 aromatic carbocycles. The molecule has 0 aliphatic heterocycles. The van der Waals surface area contributed by atoms with Gasteiger partial charge in [-0.1, -0.05) is 35.9 Å². The summed E-state index contributed by atoms with van der Waals surface area (Å²) in [6, 6.07) is 21.6. The van der Waals surface area contributed by atoms with Crippen LogP contribution in [0.5, 0.6) is 11.5 Å². The van der Waals surface area contributed by atoms with E-state index in [9.17, 15) is 9.59 Å². The van der Waals surface area contributed by atoms with Crippen LogP contribution in [0.4, 0.5) is 0 Å². The smallest absolute Gasteiger partial charge is 0.267 e. The minimum atomic E-state index is -0.497. The summed E-state index contributed by atoms with van der Waals surface area (Å²) in [6.45, 7) is 0.345. The molecule has 1 aliphatic carbocycles. The first-order chi connectivity index (χ1) is 18.0. The van der Waals surface area contributed by atoms with E-state index in [1.807, 2.05) is 48.5 Å². The number of hydrogen-bond donors (Lipinski definition) is 3. The normalized spacial score (nSPS) is 13.1. The standard InChI is InChI=1S/C29H29ClN2O5/c30-23-7-1-20(2-8-23)15-18-36-24-11-5-22(6-12-24)28(34)32-27(29(35)31-16-17-33)19-21-3-9-25(10-4-21)37-26-13-14-26/h1-12,19,26,33H,13-18H2,(H,31,35)(H,32,34). The maximum absolute atomic E-state index is 12.9. The van der Waals surface area contributed by atoms with Gasteiger partial charge < -0.3 is 25.2 Å². The van der Waals surface area contributed by atoms with Gasteiger partial charge in [-0.2, -0.15) is 0 Å². The molecule has 0 atom stereocenters. The van der Waals surface area contributed by atoms with E-state index >= 15 is 0 Å². The second-order valence-corrected chi connectivity index (χ2v) is 9.06. The van der Waals surface area contributed by atoms with Crippen LogP contribution < -0.4 is 20.1 Å². The molecule has 3 N–H and O–H groups in total. The van der Waals surface area contributed by atoms with Crippen LogP contribution in [0.15, 0.2) is 78.5 Å². The number of carbonyl (C=O) groups is 2. The van der Waals surface area contributed by atoms with Crippen LogP contribution in [0.1, 0.15) is 34.3 Å². The number of rotatable bonds is 12. The number of ether oxygens (including phenoxy) is 2. The molecule has 1 fully saturated rings. The van der Waals surface area contributed by atoms with Gasteiger partial charge in [0.15, 0.2) is 0 Å². The molecule has 3 aromatic rings. The highest BCUT2D eigenvalue weighted by atomic mass is 35.5. The van der Waals surface area contributed by atoms with Gasteiger partial charge in [0.25, 0.3) is 11.8 Å². The average Bonchev–Trinajstić information content (AvgIpc) is 3.73. The maximum atomic E-state index is 12.9. The monoisotopic (exact) mass is 520 g/mol. The fourth-order valence-electron chi connectivity index (χ4n) is 3.45. The third-order valence-electron chi connectivity index (χ3n) is 5.60. The Hall–Kier alpha value is -3.81. The Balaban J connectivity index is 1.37. The number of nitrogens with one attached hydrogen (secondary N) is 2. The lowest BCUT2D eigenvalue weighted by atomic mass is 10.1. The number of amides is 2. The Kier molecular flexibility index (Phi) is 9.18. The number of halogens is 1. The summed E-state index contributed by atoms with van der Waals surface area (Å²) in [4.78, 5) is 25.5. The van der Waals surface area contributed by atoms with E-state index in [-0.39, 0.29) is 18.8 Å². The van der Waals surface area contributed by atoms with Crippen molar-refractivity contribution in [3.05, 3.63) is 100 Å². The fourth-order valence-corrected chi connectivity index (χ4v) is 3.57. The van der Waals surface area contributed by atoms with Crippen LogP contribution in [-0.4, -0.2) is 42.8 Å². The first kappa shape index (κ1) is 26.3. The SMILES string of the molecule is O=C(NCCO)C(=Cc1ccc(OC2CC2)cc1)NC(=O)c1ccc(OCCc2ccc(Cl)cc2)cc1. The van der Waals surface area contributed by atoms with E-state index in [4.69, 9.17) is 26.2 Å². The molecular formula is C29H29ClN2O5. The van der Waals surface area contributed by atoms with Crippen molar-refractivity contribution in [1.29, 1.82) is 0 Å². The van der Waals surface area contributed by atoms with Gasteiger partial charge in [-0.25, -0.2) is 0 Å². The summed E-state index contributed by atoms with van der Waals surface area (Å²) >= 11 is 5.91. The van der Waals surface area contributed by atoms with E-state index in [1.54, 1.807) is 30.3 Å². The van der Waals surface area contributed by atoms with Gasteiger partial charge in [0.1, 0.15) is 17.2 Å². The summed E-state index contributed by atoms with van der Waals surface area (Å²) in [5, 5.41) is 15.0. The highest BCUT2D eigenvalue weighted by molar-refractivity contribution is 6.30. The molecule has 0 unspecified atom stereocenters. The highest BCUT2D eigenvalue weighted by Crippen LogP contribution is 2.27. The molecule has 192 valence electrons. The number of aliphatic hydroxyl groups excluding tert-OH is 1. The van der Waals surface area contributed by atoms with Crippen molar-refractivity contribution in [3.63, 3.8) is 0 Å². The molecule has 0 bridgehead atoms. The summed E-state index contributed by atoms with van der Waals surface area (Å²) in [5.74, 6) is 0.468. The summed E-state index contributed by atoms with van der Waals surface area (Å²) in [7, 11) is 0. The molecule has 8 heteroatoms. The first-order valence-corrected chi connectivity index (χ1v) is 12.5. The molecule has 4 rings (SSSR count). The van der Waals surface area contributed by atoms with Gasteiger partial charge in [0.2, 0.25) is 0 Å². The van der Waals surface area contributed by atoms with Crippen LogP contribution in [0.25, 0.3) is 6.08 Å². The van der Waals surface area contributed by atoms with Crippen molar-refractivity contribution in [1.82, 2.24) is 10.6 Å². The average molecular weight is 521 g/mol. The molecule has 0 saturated heterocycles. The fraction of sp³-hybridized carbons (Fsp3) is 0.241. The Morgan fingerprint density at radius 3 is 2.27 bits per heavy atom. The minimum absolute atomic E-state index is 0.0672. The molecule has 0 radical (unpaired) electrons. The lowest BCUT2D eigenvalue weighted by Gasteiger charge is -2.12. The van der Waals surface area contributed by atoms with Gasteiger partial charge in [-0.15, -0.1) is 0 Å². The van der Waals surface area contributed by atoms with Crippen molar-refractivity contribution in [2.45, 2.75) is 25.4 Å². The Labute approximate surface area is 221 Å². The minimum Gasteiger partial charge on any atom is -0.493 e. The summed E-state index contributed by atoms with van der Waals surface area (Å²) < 4.78 is 11.5. The van der Waals surface area contributed by atoms with Gasteiger partial charge in [-0.3, -0.25) is 9.59 Å². The Bertz CT molecular complexity index is 1220. The topological polar surface area (TPSA) is 96.9 Å². The molecule has 0 heterocycles. The third-order valence-corrected chi connectivity index (χ3v) is 5.85. The maximum Gasteiger partial charge on any atom is 0.267 e. The van der Waals surface area contributed by atoms with Gasteiger partial charge >= 0.3 is 0 Å². The lowest BCUT2D eigenvalue weighted by molar-refractivity contribution is -0.117. The highest BCUT2D eigenvalue weighted by Gasteiger charge is 2.23. The Morgan fingerprint density at radius 1 is 0.946 bits per heavy atom. The van der Waals surface area contributed by atoms with E-state index in [2.05, 4.69) is 10.6 Å². The second kappa shape index (κ2) is 12.9. The van der Waals surface area contributed by atoms with Crippen LogP contribution in [0.2, 0.25) is 5.02 Å². The molecular weight excluding hydrogens is 492 g/mol. The van der Waals surface area contributed by atoms with Crippen molar-refractivity contribution >= 4 is 29.5 Å². The van der Waals surface area contributed by atoms with E-state index in [1.165, 1.54) is 0 Å². The van der Waals surface area contributed by atoms with Gasteiger partial charge in [0, 0.05) is 23.6 Å². The lowest BCUT2D eigenvalue weighted by Crippen LogP contribution is -2.36. The van der Waals surface area contributed by atoms with E-state index < -0.39 is 11.8 Å². The van der Waals surface area contributed by atoms with Crippen molar-refractivity contribution in [2.24, 2.45) is 0 Å². The summed E-state index contributed by atoms with van der Waals surface area (Å²) in [6.07, 6.45) is 4.74. The number of aliphatic hydroxyl groups is 1. The number of carbonyl (C=O) groups excluding carboxylic acids is 2. The number of hydrogen-bond acceptors (Lipinski definition) is 5.